The number of ether oxygens (including phenoxy) is 1. The van der Waals surface area contributed by atoms with Crippen molar-refractivity contribution in [3.63, 3.8) is 0 Å². The van der Waals surface area contributed by atoms with Crippen LogP contribution >= 0.6 is 11.6 Å². The molecule has 0 bridgehead atoms. The van der Waals surface area contributed by atoms with E-state index in [9.17, 15) is 13.6 Å². The lowest BCUT2D eigenvalue weighted by Crippen LogP contribution is -2.41. The number of hydrogen-bond acceptors (Lipinski definition) is 5. The number of aromatic nitrogens is 3. The van der Waals surface area contributed by atoms with Crippen LogP contribution in [0, 0.1) is 12.8 Å². The first-order valence-corrected chi connectivity index (χ1v) is 10.4. The highest BCUT2D eigenvalue weighted by molar-refractivity contribution is 6.34. The van der Waals surface area contributed by atoms with Gasteiger partial charge in [0.05, 0.1) is 29.3 Å². The number of pyridine rings is 1. The van der Waals surface area contributed by atoms with Crippen molar-refractivity contribution in [1.29, 1.82) is 0 Å². The third-order valence-corrected chi connectivity index (χ3v) is 5.80. The fourth-order valence-electron chi connectivity index (χ4n) is 3.76. The average Bonchev–Trinajstić information content (AvgIpc) is 3.44. The van der Waals surface area contributed by atoms with Gasteiger partial charge in [-0.3, -0.25) is 4.79 Å². The summed E-state index contributed by atoms with van der Waals surface area (Å²) in [6.07, 6.45) is 1.62. The standard InChI is InChI=1S/C21H20ClF2N5O2/c1-11-4-18(27-21-20(11)25-10-28(21)7-12-2-3-12)26-14-6-16-15(5-13(14)22)29(8-17(23)24)19(30)9-31-16/h4-6,10,12,17H,2-3,7-9H2,1H3,(H,26,27). The van der Waals surface area contributed by atoms with Crippen LogP contribution in [-0.4, -0.2) is 40.0 Å². The van der Waals surface area contributed by atoms with E-state index in [1.54, 1.807) is 6.07 Å². The van der Waals surface area contributed by atoms with Crippen molar-refractivity contribution in [3.05, 3.63) is 35.1 Å². The molecule has 1 N–H and O–H groups in total. The van der Waals surface area contributed by atoms with Gasteiger partial charge in [0.25, 0.3) is 12.3 Å². The molecule has 2 aliphatic rings. The van der Waals surface area contributed by atoms with Gasteiger partial charge in [-0.2, -0.15) is 0 Å². The molecule has 0 saturated heterocycles. The summed E-state index contributed by atoms with van der Waals surface area (Å²) in [5.74, 6) is 1.04. The number of imidazole rings is 1. The molecule has 0 unspecified atom stereocenters. The number of carbonyl (C=O) groups is 1. The number of nitrogens with one attached hydrogen (secondary N) is 1. The highest BCUT2D eigenvalue weighted by atomic mass is 35.5. The zero-order valence-corrected chi connectivity index (χ0v) is 17.5. The zero-order valence-electron chi connectivity index (χ0n) is 16.7. The molecule has 162 valence electrons. The Morgan fingerprint density at radius 2 is 2.13 bits per heavy atom. The Balaban J connectivity index is 1.47. The van der Waals surface area contributed by atoms with Gasteiger partial charge in [0, 0.05) is 12.6 Å². The van der Waals surface area contributed by atoms with Crippen LogP contribution in [-0.2, 0) is 11.3 Å². The maximum Gasteiger partial charge on any atom is 0.265 e. The Labute approximate surface area is 182 Å². The molecule has 31 heavy (non-hydrogen) atoms. The number of benzene rings is 1. The number of carbonyl (C=O) groups excluding carboxylic acids is 1. The van der Waals surface area contributed by atoms with Crippen LogP contribution in [0.3, 0.4) is 0 Å². The quantitative estimate of drug-likeness (QED) is 0.600. The summed E-state index contributed by atoms with van der Waals surface area (Å²) in [6, 6.07) is 4.94. The van der Waals surface area contributed by atoms with Gasteiger partial charge in [0.2, 0.25) is 0 Å². The molecule has 1 aliphatic heterocycles. The van der Waals surface area contributed by atoms with Crippen LogP contribution in [0.15, 0.2) is 24.5 Å². The van der Waals surface area contributed by atoms with E-state index < -0.39 is 18.9 Å². The van der Waals surface area contributed by atoms with Gasteiger partial charge in [-0.1, -0.05) is 11.6 Å². The topological polar surface area (TPSA) is 72.3 Å². The van der Waals surface area contributed by atoms with Gasteiger partial charge in [-0.25, -0.2) is 18.7 Å². The number of hydrogen-bond donors (Lipinski definition) is 1. The molecule has 3 aromatic rings. The van der Waals surface area contributed by atoms with Gasteiger partial charge < -0.3 is 19.5 Å². The van der Waals surface area contributed by atoms with Gasteiger partial charge >= 0.3 is 0 Å². The lowest BCUT2D eigenvalue weighted by molar-refractivity contribution is -0.121. The van der Waals surface area contributed by atoms with Crippen LogP contribution < -0.4 is 15.0 Å². The molecule has 1 saturated carbocycles. The van der Waals surface area contributed by atoms with E-state index >= 15 is 0 Å². The van der Waals surface area contributed by atoms with Crippen molar-refractivity contribution in [1.82, 2.24) is 14.5 Å². The summed E-state index contributed by atoms with van der Waals surface area (Å²) in [5.41, 5.74) is 3.36. The van der Waals surface area contributed by atoms with Gasteiger partial charge in [0.1, 0.15) is 17.1 Å². The molecular formula is C21H20ClF2N5O2. The van der Waals surface area contributed by atoms with E-state index in [1.165, 1.54) is 18.9 Å². The SMILES string of the molecule is Cc1cc(Nc2cc3c(cc2Cl)N(CC(F)F)C(=O)CO3)nc2c1ncn2CC1CC1. The molecular weight excluding hydrogens is 428 g/mol. The number of aryl methyl sites for hydroxylation is 1. The van der Waals surface area contributed by atoms with Gasteiger partial charge in [-0.05, 0) is 43.4 Å². The van der Waals surface area contributed by atoms with Gasteiger partial charge in [0.15, 0.2) is 12.3 Å². The number of halogens is 3. The molecule has 1 fully saturated rings. The second-order valence-electron chi connectivity index (χ2n) is 7.95. The second kappa shape index (κ2) is 7.64. The van der Waals surface area contributed by atoms with Crippen molar-refractivity contribution >= 4 is 45.9 Å². The Morgan fingerprint density at radius 3 is 2.87 bits per heavy atom. The minimum absolute atomic E-state index is 0.231. The van der Waals surface area contributed by atoms with E-state index in [0.717, 1.165) is 28.2 Å². The van der Waals surface area contributed by atoms with E-state index in [0.29, 0.717) is 23.2 Å². The number of rotatable bonds is 6. The summed E-state index contributed by atoms with van der Waals surface area (Å²) < 4.78 is 33.4. The van der Waals surface area contributed by atoms with E-state index in [1.807, 2.05) is 19.3 Å². The molecule has 7 nitrogen and oxygen atoms in total. The highest BCUT2D eigenvalue weighted by Crippen LogP contribution is 2.40. The Kier molecular flexibility index (Phi) is 4.92. The predicted octanol–water partition coefficient (Wildman–Crippen LogP) is 4.54. The molecule has 2 aromatic heterocycles. The maximum absolute atomic E-state index is 12.9. The average molecular weight is 448 g/mol. The summed E-state index contributed by atoms with van der Waals surface area (Å²) in [6.45, 7) is 1.86. The fourth-order valence-corrected chi connectivity index (χ4v) is 3.97. The molecule has 1 amide bonds. The van der Waals surface area contributed by atoms with E-state index in [2.05, 4.69) is 14.9 Å². The Morgan fingerprint density at radius 1 is 1.32 bits per heavy atom. The molecule has 0 atom stereocenters. The third kappa shape index (κ3) is 3.89. The minimum atomic E-state index is -2.66. The van der Waals surface area contributed by atoms with Crippen molar-refractivity contribution < 1.29 is 18.3 Å². The maximum atomic E-state index is 12.9. The summed E-state index contributed by atoms with van der Waals surface area (Å²) in [7, 11) is 0. The molecule has 0 spiro atoms. The van der Waals surface area contributed by atoms with Crippen molar-refractivity contribution in [2.24, 2.45) is 5.92 Å². The van der Waals surface area contributed by atoms with E-state index in [4.69, 9.17) is 21.3 Å². The largest absolute Gasteiger partial charge is 0.481 e. The molecule has 1 aromatic carbocycles. The number of alkyl halides is 2. The molecule has 1 aliphatic carbocycles. The molecule has 5 rings (SSSR count). The highest BCUT2D eigenvalue weighted by Gasteiger charge is 2.29. The number of anilines is 3. The Bertz CT molecular complexity index is 1180. The number of amides is 1. The number of fused-ring (bicyclic) bond motifs is 2. The van der Waals surface area contributed by atoms with Crippen LogP contribution in [0.25, 0.3) is 11.2 Å². The second-order valence-corrected chi connectivity index (χ2v) is 8.35. The first-order chi connectivity index (χ1) is 14.9. The summed E-state index contributed by atoms with van der Waals surface area (Å²) in [5, 5.41) is 3.46. The van der Waals surface area contributed by atoms with E-state index in [-0.39, 0.29) is 17.3 Å². The van der Waals surface area contributed by atoms with Crippen LogP contribution in [0.4, 0.5) is 26.0 Å². The third-order valence-electron chi connectivity index (χ3n) is 5.49. The summed E-state index contributed by atoms with van der Waals surface area (Å²) in [4.78, 5) is 22.2. The fraction of sp³-hybridized carbons (Fsp3) is 0.381. The smallest absolute Gasteiger partial charge is 0.265 e. The van der Waals surface area contributed by atoms with Crippen molar-refractivity contribution in [2.75, 3.05) is 23.4 Å². The lowest BCUT2D eigenvalue weighted by Gasteiger charge is -2.29. The van der Waals surface area contributed by atoms with Crippen LogP contribution in [0.5, 0.6) is 5.75 Å². The molecule has 10 heteroatoms. The van der Waals surface area contributed by atoms with Gasteiger partial charge in [-0.15, -0.1) is 0 Å². The minimum Gasteiger partial charge on any atom is -0.481 e. The molecule has 3 heterocycles. The number of nitrogens with zero attached hydrogens (tertiary/aromatic N) is 4. The van der Waals surface area contributed by atoms with Crippen molar-refractivity contribution in [2.45, 2.75) is 32.7 Å². The van der Waals surface area contributed by atoms with Crippen LogP contribution in [0.2, 0.25) is 5.02 Å². The van der Waals surface area contributed by atoms with Crippen molar-refractivity contribution in [3.8, 4) is 5.75 Å². The molecule has 0 radical (unpaired) electrons. The normalized spacial score (nSPS) is 16.0. The first-order valence-electron chi connectivity index (χ1n) is 10.0. The summed E-state index contributed by atoms with van der Waals surface area (Å²) >= 11 is 6.42. The monoisotopic (exact) mass is 447 g/mol. The zero-order chi connectivity index (χ0) is 21.7. The predicted molar refractivity (Wildman–Crippen MR) is 114 cm³/mol. The first kappa shape index (κ1) is 20.0. The Hall–Kier alpha value is -2.94. The van der Waals surface area contributed by atoms with Crippen LogP contribution in [0.1, 0.15) is 18.4 Å². The lowest BCUT2D eigenvalue weighted by atomic mass is 10.2.